The van der Waals surface area contributed by atoms with Gasteiger partial charge in [-0.25, -0.2) is 4.98 Å². The van der Waals surface area contributed by atoms with Crippen molar-refractivity contribution in [1.82, 2.24) is 15.3 Å². The van der Waals surface area contributed by atoms with Crippen molar-refractivity contribution in [3.8, 4) is 0 Å². The zero-order valence-electron chi connectivity index (χ0n) is 13.7. The monoisotopic (exact) mass is 373 g/mol. The molecule has 2 heterocycles. The van der Waals surface area contributed by atoms with Crippen molar-refractivity contribution in [2.24, 2.45) is 0 Å². The van der Waals surface area contributed by atoms with E-state index in [9.17, 15) is 9.59 Å². The second-order valence-electron chi connectivity index (χ2n) is 5.56. The summed E-state index contributed by atoms with van der Waals surface area (Å²) >= 11 is 3.50. The minimum absolute atomic E-state index is 0.0214. The molecule has 0 spiro atoms. The Labute approximate surface area is 153 Å². The highest BCUT2D eigenvalue weighted by molar-refractivity contribution is 7.98. The zero-order valence-corrected chi connectivity index (χ0v) is 15.3. The second-order valence-corrected chi connectivity index (χ2v) is 7.45. The van der Waals surface area contributed by atoms with Gasteiger partial charge in [0.25, 0.3) is 5.56 Å². The first-order valence-electron chi connectivity index (χ1n) is 8.06. The second kappa shape index (κ2) is 8.82. The van der Waals surface area contributed by atoms with Gasteiger partial charge in [0.15, 0.2) is 0 Å². The third kappa shape index (κ3) is 5.17. The Balaban J connectivity index is 1.41. The van der Waals surface area contributed by atoms with Crippen molar-refractivity contribution < 1.29 is 4.79 Å². The Morgan fingerprint density at radius 1 is 1.28 bits per heavy atom. The van der Waals surface area contributed by atoms with Crippen LogP contribution in [0.15, 0.2) is 45.9 Å². The van der Waals surface area contributed by atoms with Gasteiger partial charge in [0, 0.05) is 30.9 Å². The lowest BCUT2D eigenvalue weighted by Crippen LogP contribution is -2.26. The number of hydrogen-bond donors (Lipinski definition) is 2. The van der Waals surface area contributed by atoms with E-state index in [1.54, 1.807) is 35.2 Å². The van der Waals surface area contributed by atoms with E-state index in [0.29, 0.717) is 36.1 Å². The number of H-pyrrole nitrogens is 1. The number of fused-ring (bicyclic) bond motifs is 1. The summed E-state index contributed by atoms with van der Waals surface area (Å²) in [5.74, 6) is 2.38. The largest absolute Gasteiger partial charge is 0.355 e. The van der Waals surface area contributed by atoms with Crippen LogP contribution in [0.1, 0.15) is 17.8 Å². The minimum atomic E-state index is -0.161. The number of amides is 1. The smallest absolute Gasteiger partial charge is 0.258 e. The van der Waals surface area contributed by atoms with E-state index < -0.39 is 0 Å². The number of carbonyl (C=O) groups is 1. The van der Waals surface area contributed by atoms with Crippen LogP contribution in [-0.2, 0) is 17.0 Å². The third-order valence-electron chi connectivity index (χ3n) is 3.67. The molecule has 3 aromatic rings. The number of aromatic amines is 1. The highest BCUT2D eigenvalue weighted by atomic mass is 32.2. The minimum Gasteiger partial charge on any atom is -0.355 e. The quantitative estimate of drug-likeness (QED) is 0.595. The zero-order chi connectivity index (χ0) is 17.5. The number of benzene rings is 1. The molecule has 0 fully saturated rings. The Kier molecular flexibility index (Phi) is 6.25. The van der Waals surface area contributed by atoms with Crippen LogP contribution in [0.2, 0.25) is 0 Å². The summed E-state index contributed by atoms with van der Waals surface area (Å²) in [6.45, 7) is 0.648. The molecule has 0 atom stereocenters. The lowest BCUT2D eigenvalue weighted by atomic mass is 10.2. The number of aromatic nitrogens is 2. The van der Waals surface area contributed by atoms with Gasteiger partial charge in [-0.05, 0) is 34.5 Å². The number of para-hydroxylation sites is 1. The molecule has 0 saturated heterocycles. The molecule has 0 unspecified atom stereocenters. The van der Waals surface area contributed by atoms with Crippen LogP contribution in [0, 0.1) is 0 Å². The van der Waals surface area contributed by atoms with Crippen molar-refractivity contribution in [2.75, 3.05) is 12.3 Å². The highest BCUT2D eigenvalue weighted by Gasteiger charge is 2.06. The number of nitrogens with zero attached hydrogens (tertiary/aromatic N) is 1. The molecule has 1 amide bonds. The molecular formula is C18H19N3O2S2. The van der Waals surface area contributed by atoms with Gasteiger partial charge >= 0.3 is 0 Å². The molecule has 0 aliphatic heterocycles. The van der Waals surface area contributed by atoms with Gasteiger partial charge in [0.1, 0.15) is 5.82 Å². The van der Waals surface area contributed by atoms with E-state index in [-0.39, 0.29) is 11.5 Å². The summed E-state index contributed by atoms with van der Waals surface area (Å²) < 4.78 is 0. The van der Waals surface area contributed by atoms with Gasteiger partial charge in [0.2, 0.25) is 5.91 Å². The van der Waals surface area contributed by atoms with E-state index in [1.165, 1.54) is 5.56 Å². The summed E-state index contributed by atoms with van der Waals surface area (Å²) in [7, 11) is 0. The summed E-state index contributed by atoms with van der Waals surface area (Å²) in [5, 5.41) is 7.69. The number of thioether (sulfide) groups is 1. The average molecular weight is 374 g/mol. The van der Waals surface area contributed by atoms with Gasteiger partial charge in [-0.2, -0.15) is 23.1 Å². The normalized spacial score (nSPS) is 10.9. The van der Waals surface area contributed by atoms with Crippen LogP contribution in [-0.4, -0.2) is 28.2 Å². The van der Waals surface area contributed by atoms with Crippen molar-refractivity contribution in [2.45, 2.75) is 18.6 Å². The molecule has 0 aliphatic rings. The van der Waals surface area contributed by atoms with E-state index >= 15 is 0 Å². The van der Waals surface area contributed by atoms with Gasteiger partial charge in [-0.15, -0.1) is 0 Å². The number of carbonyl (C=O) groups excluding carboxylic acids is 1. The molecule has 0 saturated carbocycles. The Bertz CT molecular complexity index is 891. The fraction of sp³-hybridized carbons (Fsp3) is 0.278. The molecule has 2 N–H and O–H groups in total. The molecule has 0 bridgehead atoms. The first-order valence-corrected chi connectivity index (χ1v) is 10.2. The van der Waals surface area contributed by atoms with Crippen LogP contribution in [0.25, 0.3) is 10.9 Å². The van der Waals surface area contributed by atoms with Crippen molar-refractivity contribution in [1.29, 1.82) is 0 Å². The number of rotatable bonds is 8. The van der Waals surface area contributed by atoms with Crippen LogP contribution >= 0.6 is 23.1 Å². The number of aryl methyl sites for hydroxylation is 1. The topological polar surface area (TPSA) is 74.8 Å². The fourth-order valence-corrected chi connectivity index (χ4v) is 3.98. The maximum Gasteiger partial charge on any atom is 0.258 e. The van der Waals surface area contributed by atoms with Gasteiger partial charge in [0.05, 0.1) is 10.9 Å². The summed E-state index contributed by atoms with van der Waals surface area (Å²) in [6.07, 6.45) is 0.741. The van der Waals surface area contributed by atoms with Crippen LogP contribution < -0.4 is 10.9 Å². The molecule has 130 valence electrons. The molecule has 0 aliphatic carbocycles. The number of nitrogens with one attached hydrogen (secondary N) is 2. The predicted molar refractivity (Wildman–Crippen MR) is 104 cm³/mol. The third-order valence-corrected chi connectivity index (χ3v) is 5.43. The standard InChI is InChI=1S/C18H19N3O2S2/c22-17(19-8-10-25-12-13-7-9-24-11-13)6-5-16-20-15-4-2-1-3-14(15)18(23)21-16/h1-4,7,9,11H,5-6,8,10,12H2,(H,19,22)(H,20,21,23). The van der Waals surface area contributed by atoms with Gasteiger partial charge < -0.3 is 10.3 Å². The van der Waals surface area contributed by atoms with E-state index in [0.717, 1.165) is 11.5 Å². The Morgan fingerprint density at radius 2 is 2.16 bits per heavy atom. The Morgan fingerprint density at radius 3 is 3.00 bits per heavy atom. The summed E-state index contributed by atoms with van der Waals surface area (Å²) in [4.78, 5) is 31.1. The molecule has 3 rings (SSSR count). The Hall–Kier alpha value is -2.12. The number of hydrogen-bond acceptors (Lipinski definition) is 5. The highest BCUT2D eigenvalue weighted by Crippen LogP contribution is 2.14. The van der Waals surface area contributed by atoms with Crippen LogP contribution in [0.5, 0.6) is 0 Å². The summed E-state index contributed by atoms with van der Waals surface area (Å²) in [6, 6.07) is 9.32. The van der Waals surface area contributed by atoms with Gasteiger partial charge in [-0.3, -0.25) is 9.59 Å². The molecule has 0 radical (unpaired) electrons. The molecular weight excluding hydrogens is 354 g/mol. The number of thiophene rings is 1. The first kappa shape index (κ1) is 17.7. The SMILES string of the molecule is O=C(CCc1nc2ccccc2c(=O)[nH]1)NCCSCc1ccsc1. The first-order chi connectivity index (χ1) is 12.2. The lowest BCUT2D eigenvalue weighted by Gasteiger charge is -2.05. The van der Waals surface area contributed by atoms with Crippen LogP contribution in [0.4, 0.5) is 0 Å². The fourth-order valence-electron chi connectivity index (χ4n) is 2.40. The predicted octanol–water partition coefficient (Wildman–Crippen LogP) is 2.97. The van der Waals surface area contributed by atoms with E-state index in [1.807, 2.05) is 12.1 Å². The van der Waals surface area contributed by atoms with E-state index in [2.05, 4.69) is 32.1 Å². The molecule has 7 heteroatoms. The maximum absolute atomic E-state index is 12.0. The average Bonchev–Trinajstić information content (AvgIpc) is 3.13. The molecule has 2 aromatic heterocycles. The maximum atomic E-state index is 12.0. The van der Waals surface area contributed by atoms with E-state index in [4.69, 9.17) is 0 Å². The van der Waals surface area contributed by atoms with Gasteiger partial charge in [-0.1, -0.05) is 12.1 Å². The molecule has 25 heavy (non-hydrogen) atoms. The van der Waals surface area contributed by atoms with Crippen molar-refractivity contribution >= 4 is 39.9 Å². The molecule has 1 aromatic carbocycles. The van der Waals surface area contributed by atoms with Crippen molar-refractivity contribution in [3.63, 3.8) is 0 Å². The lowest BCUT2D eigenvalue weighted by molar-refractivity contribution is -0.120. The van der Waals surface area contributed by atoms with Crippen molar-refractivity contribution in [3.05, 3.63) is 62.8 Å². The molecule has 5 nitrogen and oxygen atoms in total. The summed E-state index contributed by atoms with van der Waals surface area (Å²) in [5.41, 5.74) is 1.82. The van der Waals surface area contributed by atoms with Crippen LogP contribution in [0.3, 0.4) is 0 Å².